The summed E-state index contributed by atoms with van der Waals surface area (Å²) < 4.78 is 26.6. The smallest absolute Gasteiger partial charge is 0.251 e. The van der Waals surface area contributed by atoms with E-state index in [0.717, 1.165) is 48.5 Å². The molecule has 3 heterocycles. The van der Waals surface area contributed by atoms with E-state index in [4.69, 9.17) is 4.98 Å². The van der Waals surface area contributed by atoms with Crippen molar-refractivity contribution >= 4 is 22.8 Å². The molecule has 0 N–H and O–H groups in total. The highest BCUT2D eigenvalue weighted by molar-refractivity contribution is 5.77. The number of piperidine rings is 2. The van der Waals surface area contributed by atoms with Crippen LogP contribution in [0.1, 0.15) is 37.8 Å². The molecule has 2 saturated heterocycles. The molecule has 150 valence electrons. The van der Waals surface area contributed by atoms with Gasteiger partial charge in [-0.3, -0.25) is 4.79 Å². The number of carbonyl (C=O) groups excluding carboxylic acids is 1. The molecule has 7 heteroatoms. The van der Waals surface area contributed by atoms with Gasteiger partial charge < -0.3 is 9.80 Å². The van der Waals surface area contributed by atoms with Crippen molar-refractivity contribution in [1.29, 1.82) is 0 Å². The zero-order valence-electron chi connectivity index (χ0n) is 16.2. The van der Waals surface area contributed by atoms with E-state index >= 15 is 0 Å². The van der Waals surface area contributed by atoms with Crippen molar-refractivity contribution in [1.82, 2.24) is 14.9 Å². The average molecular weight is 388 g/mol. The van der Waals surface area contributed by atoms with Crippen LogP contribution in [0.2, 0.25) is 0 Å². The molecule has 5 nitrogen and oxygen atoms in total. The van der Waals surface area contributed by atoms with E-state index in [-0.39, 0.29) is 31.8 Å². The summed E-state index contributed by atoms with van der Waals surface area (Å²) in [7, 11) is 0. The number of carbonyl (C=O) groups is 1. The Balaban J connectivity index is 1.34. The number of benzene rings is 1. The van der Waals surface area contributed by atoms with Gasteiger partial charge in [0, 0.05) is 45.4 Å². The van der Waals surface area contributed by atoms with E-state index in [2.05, 4.69) is 9.88 Å². The number of nitrogens with zero attached hydrogens (tertiary/aromatic N) is 4. The first-order valence-electron chi connectivity index (χ1n) is 10.1. The number of anilines is 1. The first-order valence-corrected chi connectivity index (χ1v) is 10.1. The first-order chi connectivity index (χ1) is 13.4. The summed E-state index contributed by atoms with van der Waals surface area (Å²) >= 11 is 0. The molecule has 0 saturated carbocycles. The quantitative estimate of drug-likeness (QED) is 0.803. The second kappa shape index (κ2) is 7.60. The maximum absolute atomic E-state index is 13.3. The van der Waals surface area contributed by atoms with Gasteiger partial charge in [0.05, 0.1) is 16.7 Å². The lowest BCUT2D eigenvalue weighted by atomic mass is 9.92. The zero-order valence-corrected chi connectivity index (χ0v) is 16.2. The summed E-state index contributed by atoms with van der Waals surface area (Å²) in [6, 6.07) is 7.86. The topological polar surface area (TPSA) is 49.3 Å². The fraction of sp³-hybridized carbons (Fsp3) is 0.571. The summed E-state index contributed by atoms with van der Waals surface area (Å²) in [4.78, 5) is 25.8. The summed E-state index contributed by atoms with van der Waals surface area (Å²) in [6.07, 6.45) is 1.85. The summed E-state index contributed by atoms with van der Waals surface area (Å²) in [5.41, 5.74) is 2.71. The van der Waals surface area contributed by atoms with Crippen LogP contribution in [0.5, 0.6) is 0 Å². The number of amides is 1. The maximum atomic E-state index is 13.3. The SMILES string of the molecule is Cc1nc2ccccc2nc1N1CCC(CC(=O)N2CCC(F)(F)CC2)CC1. The molecule has 0 unspecified atom stereocenters. The van der Waals surface area contributed by atoms with E-state index < -0.39 is 5.92 Å². The molecule has 28 heavy (non-hydrogen) atoms. The highest BCUT2D eigenvalue weighted by atomic mass is 19.3. The van der Waals surface area contributed by atoms with Crippen molar-refractivity contribution in [3.05, 3.63) is 30.0 Å². The largest absolute Gasteiger partial charge is 0.355 e. The second-order valence-electron chi connectivity index (χ2n) is 7.99. The monoisotopic (exact) mass is 388 g/mol. The Morgan fingerprint density at radius 1 is 1.07 bits per heavy atom. The Bertz CT molecular complexity index is 855. The average Bonchev–Trinajstić information content (AvgIpc) is 2.68. The van der Waals surface area contributed by atoms with Crippen molar-refractivity contribution in [2.24, 2.45) is 5.92 Å². The van der Waals surface area contributed by atoms with Gasteiger partial charge in [-0.25, -0.2) is 18.7 Å². The minimum Gasteiger partial charge on any atom is -0.355 e. The summed E-state index contributed by atoms with van der Waals surface area (Å²) in [5.74, 6) is -1.36. The number of aromatic nitrogens is 2. The lowest BCUT2D eigenvalue weighted by Gasteiger charge is -2.35. The van der Waals surface area contributed by atoms with Crippen LogP contribution < -0.4 is 4.90 Å². The van der Waals surface area contributed by atoms with Crippen LogP contribution in [0, 0.1) is 12.8 Å². The number of hydrogen-bond acceptors (Lipinski definition) is 4. The number of para-hydroxylation sites is 2. The lowest BCUT2D eigenvalue weighted by Crippen LogP contribution is -2.44. The highest BCUT2D eigenvalue weighted by Crippen LogP contribution is 2.30. The Morgan fingerprint density at radius 3 is 2.32 bits per heavy atom. The number of fused-ring (bicyclic) bond motifs is 1. The predicted molar refractivity (Wildman–Crippen MR) is 105 cm³/mol. The summed E-state index contributed by atoms with van der Waals surface area (Å²) in [6.45, 7) is 4.01. The first kappa shape index (κ1) is 19.0. The molecule has 2 aromatic rings. The predicted octanol–water partition coefficient (Wildman–Crippen LogP) is 3.80. The van der Waals surface area contributed by atoms with Crippen LogP contribution in [0.3, 0.4) is 0 Å². The van der Waals surface area contributed by atoms with Crippen LogP contribution in [0.15, 0.2) is 24.3 Å². The molecular weight excluding hydrogens is 362 g/mol. The Kier molecular flexibility index (Phi) is 5.17. The lowest BCUT2D eigenvalue weighted by molar-refractivity contribution is -0.138. The number of halogens is 2. The van der Waals surface area contributed by atoms with Gasteiger partial charge in [0.1, 0.15) is 0 Å². The minimum atomic E-state index is -2.61. The number of rotatable bonds is 3. The van der Waals surface area contributed by atoms with E-state index in [0.29, 0.717) is 12.3 Å². The van der Waals surface area contributed by atoms with Crippen LogP contribution in [0.25, 0.3) is 11.0 Å². The zero-order chi connectivity index (χ0) is 19.7. The van der Waals surface area contributed by atoms with E-state index in [9.17, 15) is 13.6 Å². The third-order valence-electron chi connectivity index (χ3n) is 5.94. The fourth-order valence-electron chi connectivity index (χ4n) is 4.19. The van der Waals surface area contributed by atoms with Gasteiger partial charge in [0.2, 0.25) is 5.91 Å². The van der Waals surface area contributed by atoms with Crippen molar-refractivity contribution < 1.29 is 13.6 Å². The Hall–Kier alpha value is -2.31. The molecule has 4 rings (SSSR count). The van der Waals surface area contributed by atoms with Crippen molar-refractivity contribution in [3.63, 3.8) is 0 Å². The molecule has 0 aliphatic carbocycles. The molecule has 1 aromatic heterocycles. The fourth-order valence-corrected chi connectivity index (χ4v) is 4.19. The number of hydrogen-bond donors (Lipinski definition) is 0. The Labute approximate surface area is 163 Å². The number of aryl methyl sites for hydroxylation is 1. The second-order valence-corrected chi connectivity index (χ2v) is 7.99. The van der Waals surface area contributed by atoms with Gasteiger partial charge in [0.25, 0.3) is 5.92 Å². The molecule has 1 aromatic carbocycles. The molecule has 0 bridgehead atoms. The third-order valence-corrected chi connectivity index (χ3v) is 5.94. The van der Waals surface area contributed by atoms with E-state index in [1.54, 1.807) is 4.90 Å². The van der Waals surface area contributed by atoms with Gasteiger partial charge in [-0.05, 0) is 37.8 Å². The standard InChI is InChI=1S/C21H26F2N4O/c1-15-20(25-18-5-3-2-4-17(18)24-15)27-10-6-16(7-11-27)14-19(28)26-12-8-21(22,23)9-13-26/h2-5,16H,6-14H2,1H3. The van der Waals surface area contributed by atoms with Crippen molar-refractivity contribution in [2.75, 3.05) is 31.1 Å². The van der Waals surface area contributed by atoms with Crippen molar-refractivity contribution in [2.45, 2.75) is 45.0 Å². The van der Waals surface area contributed by atoms with Gasteiger partial charge >= 0.3 is 0 Å². The van der Waals surface area contributed by atoms with E-state index in [1.807, 2.05) is 31.2 Å². The molecular formula is C21H26F2N4O. The van der Waals surface area contributed by atoms with E-state index in [1.165, 1.54) is 0 Å². The van der Waals surface area contributed by atoms with Crippen LogP contribution in [0.4, 0.5) is 14.6 Å². The van der Waals surface area contributed by atoms with Crippen LogP contribution >= 0.6 is 0 Å². The van der Waals surface area contributed by atoms with Crippen LogP contribution in [-0.2, 0) is 4.79 Å². The Morgan fingerprint density at radius 2 is 1.68 bits per heavy atom. The normalized spacial score (nSPS) is 20.5. The van der Waals surface area contributed by atoms with Gasteiger partial charge in [-0.2, -0.15) is 0 Å². The summed E-state index contributed by atoms with van der Waals surface area (Å²) in [5, 5.41) is 0. The molecule has 2 fully saturated rings. The van der Waals surface area contributed by atoms with Crippen molar-refractivity contribution in [3.8, 4) is 0 Å². The van der Waals surface area contributed by atoms with Gasteiger partial charge in [0.15, 0.2) is 5.82 Å². The van der Waals surface area contributed by atoms with Crippen LogP contribution in [-0.4, -0.2) is 52.9 Å². The molecule has 2 aliphatic rings. The maximum Gasteiger partial charge on any atom is 0.251 e. The molecule has 2 aliphatic heterocycles. The molecule has 0 atom stereocenters. The van der Waals surface area contributed by atoms with Gasteiger partial charge in [-0.1, -0.05) is 12.1 Å². The molecule has 0 spiro atoms. The number of alkyl halides is 2. The number of likely N-dealkylation sites (tertiary alicyclic amines) is 1. The van der Waals surface area contributed by atoms with Gasteiger partial charge in [-0.15, -0.1) is 0 Å². The third kappa shape index (κ3) is 4.08. The highest BCUT2D eigenvalue weighted by Gasteiger charge is 2.36. The molecule has 1 amide bonds. The minimum absolute atomic E-state index is 0.0237. The molecule has 0 radical (unpaired) electrons.